The summed E-state index contributed by atoms with van der Waals surface area (Å²) in [4.78, 5) is 12.5. The summed E-state index contributed by atoms with van der Waals surface area (Å²) in [5.41, 5.74) is 0.957. The van der Waals surface area contributed by atoms with Crippen LogP contribution in [0.5, 0.6) is 17.2 Å². The van der Waals surface area contributed by atoms with Crippen molar-refractivity contribution in [2.45, 2.75) is 64.2 Å². The number of rotatable bonds is 10. The zero-order valence-corrected chi connectivity index (χ0v) is 20.4. The Balaban J connectivity index is 3.27. The van der Waals surface area contributed by atoms with Crippen LogP contribution < -0.4 is 14.8 Å². The standard InChI is InChI=1S/C21H35NO5S2/c1-9-28-19(29-10-2)15(22-20(24)27-21(4,5)6)11-14-12-16(23)18(26-8)13(3)17(14)25-7/h12,15,19,23H,9-11H2,1-8H3,(H,22,24)/t15-/m0/s1. The van der Waals surface area contributed by atoms with E-state index in [4.69, 9.17) is 14.2 Å². The summed E-state index contributed by atoms with van der Waals surface area (Å²) in [6.07, 6.45) is 0.0418. The second-order valence-electron chi connectivity index (χ2n) is 7.48. The number of hydrogen-bond donors (Lipinski definition) is 2. The van der Waals surface area contributed by atoms with Gasteiger partial charge in [-0.05, 0) is 51.7 Å². The molecule has 29 heavy (non-hydrogen) atoms. The van der Waals surface area contributed by atoms with E-state index in [9.17, 15) is 9.90 Å². The Bertz CT molecular complexity index is 670. The third-order valence-corrected chi connectivity index (χ3v) is 6.85. The Kier molecular flexibility index (Phi) is 10.3. The third-order valence-electron chi connectivity index (χ3n) is 4.06. The molecule has 1 amide bonds. The number of nitrogens with one attached hydrogen (secondary N) is 1. The van der Waals surface area contributed by atoms with Crippen molar-refractivity contribution in [3.8, 4) is 17.2 Å². The number of hydrogen-bond acceptors (Lipinski definition) is 7. The normalized spacial score (nSPS) is 12.6. The molecule has 6 nitrogen and oxygen atoms in total. The molecule has 166 valence electrons. The molecule has 0 heterocycles. The van der Waals surface area contributed by atoms with Gasteiger partial charge in [0.1, 0.15) is 11.4 Å². The lowest BCUT2D eigenvalue weighted by Crippen LogP contribution is -2.45. The molecular weight excluding hydrogens is 410 g/mol. The number of carbonyl (C=O) groups is 1. The van der Waals surface area contributed by atoms with Gasteiger partial charge in [0.2, 0.25) is 0 Å². The molecule has 1 atom stereocenters. The molecule has 1 aromatic rings. The summed E-state index contributed by atoms with van der Waals surface area (Å²) in [5, 5.41) is 13.4. The van der Waals surface area contributed by atoms with Gasteiger partial charge in [0.05, 0.1) is 24.8 Å². The number of phenolic OH excluding ortho intramolecular Hbond substituents is 1. The number of alkyl carbamates (subject to hydrolysis) is 1. The van der Waals surface area contributed by atoms with Gasteiger partial charge < -0.3 is 24.6 Å². The first-order valence-electron chi connectivity index (χ1n) is 9.73. The van der Waals surface area contributed by atoms with E-state index in [-0.39, 0.29) is 16.4 Å². The van der Waals surface area contributed by atoms with Crippen LogP contribution in [0, 0.1) is 6.92 Å². The largest absolute Gasteiger partial charge is 0.504 e. The number of thioether (sulfide) groups is 2. The summed E-state index contributed by atoms with van der Waals surface area (Å²) < 4.78 is 16.5. The summed E-state index contributed by atoms with van der Waals surface area (Å²) in [6, 6.07) is 1.44. The first-order chi connectivity index (χ1) is 13.6. The Hall–Kier alpha value is -1.41. The minimum atomic E-state index is -0.577. The molecule has 1 aromatic carbocycles. The summed E-state index contributed by atoms with van der Waals surface area (Å²) in [7, 11) is 3.11. The van der Waals surface area contributed by atoms with Gasteiger partial charge in [-0.2, -0.15) is 0 Å². The fraction of sp³-hybridized carbons (Fsp3) is 0.667. The van der Waals surface area contributed by atoms with E-state index in [2.05, 4.69) is 19.2 Å². The van der Waals surface area contributed by atoms with E-state index in [1.807, 2.05) is 27.7 Å². The van der Waals surface area contributed by atoms with Gasteiger partial charge in [0.15, 0.2) is 11.5 Å². The fourth-order valence-electron chi connectivity index (χ4n) is 3.05. The van der Waals surface area contributed by atoms with Crippen LogP contribution in [0.3, 0.4) is 0 Å². The lowest BCUT2D eigenvalue weighted by molar-refractivity contribution is 0.0507. The Morgan fingerprint density at radius 3 is 2.14 bits per heavy atom. The quantitative estimate of drug-likeness (QED) is 0.492. The van der Waals surface area contributed by atoms with Crippen molar-refractivity contribution in [1.29, 1.82) is 0 Å². The lowest BCUT2D eigenvalue weighted by atomic mass is 10.0. The predicted octanol–water partition coefficient (Wildman–Crippen LogP) is 4.99. The highest BCUT2D eigenvalue weighted by molar-refractivity contribution is 8.17. The minimum Gasteiger partial charge on any atom is -0.504 e. The number of ether oxygens (including phenoxy) is 3. The van der Waals surface area contributed by atoms with Gasteiger partial charge in [-0.15, -0.1) is 23.5 Å². The molecule has 0 saturated heterocycles. The fourth-order valence-corrected chi connectivity index (χ4v) is 5.70. The van der Waals surface area contributed by atoms with Gasteiger partial charge in [0, 0.05) is 11.1 Å². The van der Waals surface area contributed by atoms with E-state index in [0.29, 0.717) is 17.9 Å². The molecular formula is C21H35NO5S2. The molecule has 0 spiro atoms. The van der Waals surface area contributed by atoms with Crippen LogP contribution in [0.2, 0.25) is 0 Å². The van der Waals surface area contributed by atoms with Crippen molar-refractivity contribution < 1.29 is 24.1 Å². The van der Waals surface area contributed by atoms with Crippen LogP contribution in [-0.2, 0) is 11.2 Å². The van der Waals surface area contributed by atoms with Crippen LogP contribution in [0.25, 0.3) is 0 Å². The number of methoxy groups -OCH3 is 2. The van der Waals surface area contributed by atoms with Crippen molar-refractivity contribution in [3.05, 3.63) is 17.2 Å². The average molecular weight is 446 g/mol. The molecule has 0 bridgehead atoms. The molecule has 8 heteroatoms. The Labute approximate surface area is 183 Å². The zero-order chi connectivity index (χ0) is 22.2. The van der Waals surface area contributed by atoms with Gasteiger partial charge in [-0.25, -0.2) is 4.79 Å². The summed E-state index contributed by atoms with van der Waals surface area (Å²) >= 11 is 3.56. The maximum Gasteiger partial charge on any atom is 0.407 e. The van der Waals surface area contributed by atoms with E-state index in [1.165, 1.54) is 7.11 Å². The smallest absolute Gasteiger partial charge is 0.407 e. The van der Waals surface area contributed by atoms with Crippen molar-refractivity contribution in [2.75, 3.05) is 25.7 Å². The zero-order valence-electron chi connectivity index (χ0n) is 18.8. The summed E-state index contributed by atoms with van der Waals surface area (Å²) in [5.74, 6) is 2.95. The monoisotopic (exact) mass is 445 g/mol. The highest BCUT2D eigenvalue weighted by Crippen LogP contribution is 2.40. The first-order valence-corrected chi connectivity index (χ1v) is 11.8. The van der Waals surface area contributed by atoms with E-state index >= 15 is 0 Å². The Morgan fingerprint density at radius 2 is 1.69 bits per heavy atom. The molecule has 0 unspecified atom stereocenters. The molecule has 0 saturated carbocycles. The second-order valence-corrected chi connectivity index (χ2v) is 10.6. The second kappa shape index (κ2) is 11.7. The van der Waals surface area contributed by atoms with Crippen LogP contribution in [0.15, 0.2) is 6.07 Å². The summed E-state index contributed by atoms with van der Waals surface area (Å²) in [6.45, 7) is 11.6. The van der Waals surface area contributed by atoms with Gasteiger partial charge in [-0.1, -0.05) is 13.8 Å². The third kappa shape index (κ3) is 7.74. The van der Waals surface area contributed by atoms with E-state index in [0.717, 1.165) is 22.6 Å². The average Bonchev–Trinajstić information content (AvgIpc) is 2.59. The predicted molar refractivity (Wildman–Crippen MR) is 123 cm³/mol. The Morgan fingerprint density at radius 1 is 1.14 bits per heavy atom. The van der Waals surface area contributed by atoms with Crippen LogP contribution in [-0.4, -0.2) is 53.1 Å². The number of phenols is 1. The number of benzene rings is 1. The molecule has 0 aliphatic carbocycles. The van der Waals surface area contributed by atoms with Crippen LogP contribution >= 0.6 is 23.5 Å². The first kappa shape index (κ1) is 25.6. The van der Waals surface area contributed by atoms with Crippen LogP contribution in [0.4, 0.5) is 4.79 Å². The van der Waals surface area contributed by atoms with Crippen molar-refractivity contribution in [1.82, 2.24) is 5.32 Å². The minimum absolute atomic E-state index is 0.0552. The molecule has 0 radical (unpaired) electrons. The van der Waals surface area contributed by atoms with Gasteiger partial charge in [0.25, 0.3) is 0 Å². The highest BCUT2D eigenvalue weighted by Gasteiger charge is 2.28. The van der Waals surface area contributed by atoms with Crippen molar-refractivity contribution in [2.24, 2.45) is 0 Å². The van der Waals surface area contributed by atoms with Gasteiger partial charge >= 0.3 is 6.09 Å². The van der Waals surface area contributed by atoms with E-state index < -0.39 is 11.7 Å². The maximum absolute atomic E-state index is 12.5. The molecule has 0 aliphatic heterocycles. The van der Waals surface area contributed by atoms with Crippen molar-refractivity contribution in [3.63, 3.8) is 0 Å². The number of carbonyl (C=O) groups excluding carboxylic acids is 1. The molecule has 2 N–H and O–H groups in total. The molecule has 1 rings (SSSR count). The topological polar surface area (TPSA) is 77.0 Å². The number of amides is 1. The maximum atomic E-state index is 12.5. The van der Waals surface area contributed by atoms with Gasteiger partial charge in [-0.3, -0.25) is 0 Å². The van der Waals surface area contributed by atoms with E-state index in [1.54, 1.807) is 36.7 Å². The molecule has 0 fully saturated rings. The lowest BCUT2D eigenvalue weighted by Gasteiger charge is -2.29. The molecule has 0 aliphatic rings. The molecule has 0 aromatic heterocycles. The SMILES string of the molecule is CCSC(SCC)[C@H](Cc1cc(O)c(OC)c(C)c1OC)NC(=O)OC(C)(C)C. The highest BCUT2D eigenvalue weighted by atomic mass is 32.2. The number of aromatic hydroxyl groups is 1. The van der Waals surface area contributed by atoms with Crippen LogP contribution in [0.1, 0.15) is 45.7 Å². The van der Waals surface area contributed by atoms with Crippen molar-refractivity contribution >= 4 is 29.6 Å².